The second-order valence-electron chi connectivity index (χ2n) is 9.16. The van der Waals surface area contributed by atoms with Crippen LogP contribution in [0.4, 0.5) is 5.69 Å². The van der Waals surface area contributed by atoms with E-state index in [1.54, 1.807) is 18.2 Å². The molecule has 0 saturated heterocycles. The number of nitrogens with one attached hydrogen (secondary N) is 1. The van der Waals surface area contributed by atoms with Crippen molar-refractivity contribution in [2.45, 2.75) is 39.3 Å². The normalized spacial score (nSPS) is 11.4. The van der Waals surface area contributed by atoms with Crippen LogP contribution in [0.15, 0.2) is 92.9 Å². The highest BCUT2D eigenvalue weighted by atomic mass is 16.3. The minimum Gasteiger partial charge on any atom is -0.449 e. The Balaban J connectivity index is 1.54. The summed E-state index contributed by atoms with van der Waals surface area (Å²) in [6, 6.07) is 24.4. The third-order valence-electron chi connectivity index (χ3n) is 6.37. The zero-order valence-corrected chi connectivity index (χ0v) is 20.2. The lowest BCUT2D eigenvalue weighted by Gasteiger charge is -2.13. The highest BCUT2D eigenvalue weighted by Crippen LogP contribution is 2.25. The number of carbonyl (C=O) groups excluding carboxylic acids is 1. The quantitative estimate of drug-likeness (QED) is 0.358. The summed E-state index contributed by atoms with van der Waals surface area (Å²) in [7, 11) is 0. The van der Waals surface area contributed by atoms with Crippen molar-refractivity contribution < 1.29 is 9.21 Å². The van der Waals surface area contributed by atoms with Crippen LogP contribution >= 0.6 is 0 Å². The predicted molar refractivity (Wildman–Crippen MR) is 142 cm³/mol. The van der Waals surface area contributed by atoms with E-state index in [2.05, 4.69) is 19.2 Å². The van der Waals surface area contributed by atoms with E-state index in [0.717, 1.165) is 10.1 Å². The fourth-order valence-corrected chi connectivity index (χ4v) is 4.42. The molecule has 1 amide bonds. The number of nitrogens with zero attached hydrogens (tertiary/aromatic N) is 2. The van der Waals surface area contributed by atoms with Crippen molar-refractivity contribution in [1.29, 1.82) is 0 Å². The van der Waals surface area contributed by atoms with Crippen LogP contribution in [0.25, 0.3) is 22.1 Å². The summed E-state index contributed by atoms with van der Waals surface area (Å²) in [6.07, 6.45) is 0.496. The van der Waals surface area contributed by atoms with Gasteiger partial charge in [-0.25, -0.2) is 4.79 Å². The molecule has 2 aromatic heterocycles. The van der Waals surface area contributed by atoms with E-state index in [1.165, 1.54) is 10.1 Å². The van der Waals surface area contributed by atoms with Gasteiger partial charge in [0.15, 0.2) is 0 Å². The van der Waals surface area contributed by atoms with Gasteiger partial charge >= 0.3 is 5.69 Å². The van der Waals surface area contributed by atoms with Gasteiger partial charge in [0.25, 0.3) is 5.56 Å². The molecule has 2 heterocycles. The molecule has 3 aromatic carbocycles. The molecule has 0 bridgehead atoms. The third kappa shape index (κ3) is 4.47. The second-order valence-corrected chi connectivity index (χ2v) is 9.16. The minimum atomic E-state index is -0.541. The molecule has 36 heavy (non-hydrogen) atoms. The summed E-state index contributed by atoms with van der Waals surface area (Å²) in [5, 5.41) is 3.48. The summed E-state index contributed by atoms with van der Waals surface area (Å²) in [5.74, 6) is 0.0159. The number of rotatable bonds is 7. The van der Waals surface area contributed by atoms with Crippen LogP contribution in [0.2, 0.25) is 0 Å². The summed E-state index contributed by atoms with van der Waals surface area (Å²) >= 11 is 0. The van der Waals surface area contributed by atoms with E-state index in [1.807, 2.05) is 60.7 Å². The van der Waals surface area contributed by atoms with Gasteiger partial charge in [0.1, 0.15) is 17.6 Å². The molecule has 0 atom stereocenters. The van der Waals surface area contributed by atoms with Gasteiger partial charge in [-0.05, 0) is 47.7 Å². The van der Waals surface area contributed by atoms with E-state index in [4.69, 9.17) is 4.42 Å². The summed E-state index contributed by atoms with van der Waals surface area (Å²) in [5.41, 5.74) is 2.67. The van der Waals surface area contributed by atoms with E-state index >= 15 is 0 Å². The molecular weight excluding hydrogens is 454 g/mol. The van der Waals surface area contributed by atoms with Crippen LogP contribution in [0.5, 0.6) is 0 Å². The number of para-hydroxylation sites is 1. The van der Waals surface area contributed by atoms with Crippen LogP contribution in [0, 0.1) is 0 Å². The topological polar surface area (TPSA) is 86.2 Å². The zero-order chi connectivity index (χ0) is 25.2. The largest absolute Gasteiger partial charge is 0.449 e. The smallest absolute Gasteiger partial charge is 0.332 e. The Labute approximate surface area is 207 Å². The summed E-state index contributed by atoms with van der Waals surface area (Å²) in [4.78, 5) is 39.9. The Bertz CT molecular complexity index is 1660. The fraction of sp³-hybridized carbons (Fsp3) is 0.207. The van der Waals surface area contributed by atoms with E-state index in [9.17, 15) is 14.4 Å². The van der Waals surface area contributed by atoms with Crippen molar-refractivity contribution in [3.8, 4) is 0 Å². The average molecular weight is 482 g/mol. The fourth-order valence-electron chi connectivity index (χ4n) is 4.42. The molecule has 1 N–H and O–H groups in total. The number of aryl methyl sites for hydroxylation is 1. The van der Waals surface area contributed by atoms with E-state index < -0.39 is 11.2 Å². The molecule has 0 spiro atoms. The van der Waals surface area contributed by atoms with Gasteiger partial charge in [-0.2, -0.15) is 0 Å². The lowest BCUT2D eigenvalue weighted by molar-refractivity contribution is -0.116. The monoisotopic (exact) mass is 481 g/mol. The van der Waals surface area contributed by atoms with Crippen LogP contribution in [0.3, 0.4) is 0 Å². The maximum Gasteiger partial charge on any atom is 0.332 e. The Morgan fingerprint density at radius 2 is 1.58 bits per heavy atom. The highest BCUT2D eigenvalue weighted by Gasteiger charge is 2.21. The average Bonchev–Trinajstić information content (AvgIpc) is 3.27. The van der Waals surface area contributed by atoms with Gasteiger partial charge in [0.05, 0.1) is 0 Å². The van der Waals surface area contributed by atoms with E-state index in [-0.39, 0.29) is 24.6 Å². The first kappa shape index (κ1) is 23.4. The number of aromatic nitrogens is 2. The first-order valence-electron chi connectivity index (χ1n) is 12.0. The number of furan rings is 1. The molecule has 0 fully saturated rings. The molecule has 0 aliphatic carbocycles. The molecule has 0 aliphatic heterocycles. The zero-order valence-electron chi connectivity index (χ0n) is 20.2. The Kier molecular flexibility index (Phi) is 6.29. The first-order chi connectivity index (χ1) is 17.4. The lowest BCUT2D eigenvalue weighted by Crippen LogP contribution is -2.41. The van der Waals surface area contributed by atoms with Crippen LogP contribution < -0.4 is 16.6 Å². The number of carbonyl (C=O) groups is 1. The SMILES string of the molecule is CC(C)c1ccc(NC(=O)Cn2c(=O)n(CCc3ccccc3)c(=O)c3oc4ccccc4c32)cc1. The van der Waals surface area contributed by atoms with Gasteiger partial charge in [-0.3, -0.25) is 18.7 Å². The number of hydrogen-bond acceptors (Lipinski definition) is 4. The van der Waals surface area contributed by atoms with Gasteiger partial charge in [-0.15, -0.1) is 0 Å². The third-order valence-corrected chi connectivity index (χ3v) is 6.37. The molecule has 0 saturated carbocycles. The highest BCUT2D eigenvalue weighted by molar-refractivity contribution is 6.03. The molecular formula is C29H27N3O4. The summed E-state index contributed by atoms with van der Waals surface area (Å²) in [6.45, 7) is 4.13. The number of fused-ring (bicyclic) bond motifs is 3. The molecule has 0 unspecified atom stereocenters. The minimum absolute atomic E-state index is 0.0675. The number of amides is 1. The maximum absolute atomic E-state index is 13.6. The molecule has 0 radical (unpaired) electrons. The Hall–Kier alpha value is -4.39. The van der Waals surface area contributed by atoms with E-state index in [0.29, 0.717) is 34.5 Å². The van der Waals surface area contributed by atoms with Gasteiger partial charge < -0.3 is 9.73 Å². The van der Waals surface area contributed by atoms with Crippen molar-refractivity contribution in [3.05, 3.63) is 111 Å². The number of benzene rings is 3. The molecule has 0 aliphatic rings. The molecule has 7 heteroatoms. The van der Waals surface area contributed by atoms with Crippen molar-refractivity contribution in [3.63, 3.8) is 0 Å². The van der Waals surface area contributed by atoms with Crippen LogP contribution in [-0.2, 0) is 24.3 Å². The Morgan fingerprint density at radius 3 is 2.31 bits per heavy atom. The second kappa shape index (κ2) is 9.70. The summed E-state index contributed by atoms with van der Waals surface area (Å²) < 4.78 is 8.38. The van der Waals surface area contributed by atoms with Gasteiger partial charge in [-0.1, -0.05) is 68.4 Å². The lowest BCUT2D eigenvalue weighted by atomic mass is 10.0. The molecule has 5 rings (SSSR count). The number of hydrogen-bond donors (Lipinski definition) is 1. The van der Waals surface area contributed by atoms with Crippen molar-refractivity contribution in [2.24, 2.45) is 0 Å². The number of anilines is 1. The predicted octanol–water partition coefficient (Wildman–Crippen LogP) is 4.91. The maximum atomic E-state index is 13.6. The standard InChI is InChI=1S/C29H27N3O4/c1-19(2)21-12-14-22(15-13-21)30-25(33)18-32-26-23-10-6-7-11-24(23)36-27(26)28(34)31(29(32)35)17-16-20-8-4-3-5-9-20/h3-15,19H,16-18H2,1-2H3,(H,30,33). The van der Waals surface area contributed by atoms with Crippen molar-refractivity contribution in [1.82, 2.24) is 9.13 Å². The van der Waals surface area contributed by atoms with Crippen LogP contribution in [0.1, 0.15) is 30.9 Å². The molecule has 7 nitrogen and oxygen atoms in total. The van der Waals surface area contributed by atoms with Gasteiger partial charge in [0, 0.05) is 17.6 Å². The first-order valence-corrected chi connectivity index (χ1v) is 12.0. The van der Waals surface area contributed by atoms with Crippen molar-refractivity contribution >= 4 is 33.7 Å². The Morgan fingerprint density at radius 1 is 0.889 bits per heavy atom. The molecule has 5 aromatic rings. The van der Waals surface area contributed by atoms with Crippen molar-refractivity contribution in [2.75, 3.05) is 5.32 Å². The molecule has 182 valence electrons. The van der Waals surface area contributed by atoms with Crippen LogP contribution in [-0.4, -0.2) is 15.0 Å². The van der Waals surface area contributed by atoms with Gasteiger partial charge in [0.2, 0.25) is 11.5 Å².